The van der Waals surface area contributed by atoms with Gasteiger partial charge in [0.05, 0.1) is 4.88 Å². The summed E-state index contributed by atoms with van der Waals surface area (Å²) in [4.78, 5) is 9.61. The van der Waals surface area contributed by atoms with Gasteiger partial charge in [-0.2, -0.15) is 0 Å². The molecule has 0 aliphatic heterocycles. The van der Waals surface area contributed by atoms with Crippen molar-refractivity contribution in [2.75, 3.05) is 7.05 Å². The van der Waals surface area contributed by atoms with Crippen molar-refractivity contribution in [1.29, 1.82) is 0 Å². The maximum absolute atomic E-state index is 5.30. The fourth-order valence-electron chi connectivity index (χ4n) is 1.69. The van der Waals surface area contributed by atoms with E-state index in [9.17, 15) is 0 Å². The van der Waals surface area contributed by atoms with Crippen molar-refractivity contribution in [2.24, 2.45) is 0 Å². The molecule has 0 unspecified atom stereocenters. The van der Waals surface area contributed by atoms with Gasteiger partial charge in [0.1, 0.15) is 10.5 Å². The van der Waals surface area contributed by atoms with Gasteiger partial charge in [0.2, 0.25) is 0 Å². The second kappa shape index (κ2) is 4.27. The summed E-state index contributed by atoms with van der Waals surface area (Å²) in [5.74, 6) is 0. The van der Waals surface area contributed by atoms with Gasteiger partial charge in [-0.3, -0.25) is 0 Å². The van der Waals surface area contributed by atoms with Crippen molar-refractivity contribution in [1.82, 2.24) is 15.3 Å². The Bertz CT molecular complexity index is 644. The molecule has 0 aliphatic carbocycles. The summed E-state index contributed by atoms with van der Waals surface area (Å²) in [6.45, 7) is 0.801. The minimum absolute atomic E-state index is 0.801. The lowest BCUT2D eigenvalue weighted by atomic mass is 10.2. The van der Waals surface area contributed by atoms with Crippen molar-refractivity contribution in [3.05, 3.63) is 35.8 Å². The molecule has 1 aromatic carbocycles. The number of hydrogen-bond donors (Lipinski definition) is 1. The maximum atomic E-state index is 5.30. The molecule has 2 heterocycles. The topological polar surface area (TPSA) is 51.0 Å². The van der Waals surface area contributed by atoms with Gasteiger partial charge in [0, 0.05) is 12.7 Å². The molecule has 0 aliphatic rings. The summed E-state index contributed by atoms with van der Waals surface area (Å²) in [7, 11) is 1.92. The first-order valence-corrected chi connectivity index (χ1v) is 6.11. The molecule has 0 saturated heterocycles. The third-order valence-electron chi connectivity index (χ3n) is 2.50. The van der Waals surface area contributed by atoms with Crippen molar-refractivity contribution >= 4 is 22.4 Å². The fourth-order valence-corrected chi connectivity index (χ4v) is 2.61. The Labute approximate surface area is 102 Å². The van der Waals surface area contributed by atoms with E-state index in [1.807, 2.05) is 31.4 Å². The molecule has 5 heteroatoms. The summed E-state index contributed by atoms with van der Waals surface area (Å²) in [5, 5.41) is 4.18. The first kappa shape index (κ1) is 10.4. The summed E-state index contributed by atoms with van der Waals surface area (Å²) >= 11 is 1.69. The van der Waals surface area contributed by atoms with Crippen molar-refractivity contribution in [3.63, 3.8) is 0 Å². The second-order valence-corrected chi connectivity index (χ2v) is 4.80. The van der Waals surface area contributed by atoms with E-state index in [1.54, 1.807) is 11.3 Å². The molecule has 0 amide bonds. The molecule has 0 spiro atoms. The Morgan fingerprint density at radius 3 is 3.18 bits per heavy atom. The lowest BCUT2D eigenvalue weighted by Crippen LogP contribution is -2.03. The van der Waals surface area contributed by atoms with Crippen LogP contribution in [0.5, 0.6) is 0 Å². The molecule has 0 bridgehead atoms. The highest BCUT2D eigenvalue weighted by Gasteiger charge is 2.06. The lowest BCUT2D eigenvalue weighted by molar-refractivity contribution is 0.602. The number of fused-ring (bicyclic) bond motifs is 1. The highest BCUT2D eigenvalue weighted by Crippen LogP contribution is 2.28. The van der Waals surface area contributed by atoms with E-state index in [-0.39, 0.29) is 0 Å². The summed E-state index contributed by atoms with van der Waals surface area (Å²) in [6.07, 6.45) is 3.36. The molecular weight excluding hydrogens is 234 g/mol. The fraction of sp³-hybridized carbons (Fsp3) is 0.167. The summed E-state index contributed by atoms with van der Waals surface area (Å²) < 4.78 is 5.30. The van der Waals surface area contributed by atoms with Gasteiger partial charge in [-0.05, 0) is 24.7 Å². The smallest absolute Gasteiger partial charge is 0.181 e. The second-order valence-electron chi connectivity index (χ2n) is 3.68. The Kier molecular flexibility index (Phi) is 2.62. The van der Waals surface area contributed by atoms with Crippen LogP contribution in [0.2, 0.25) is 0 Å². The highest BCUT2D eigenvalue weighted by molar-refractivity contribution is 7.15. The van der Waals surface area contributed by atoms with Crippen LogP contribution < -0.4 is 5.32 Å². The SMILES string of the molecule is CNCc1ncc(-c2ccc3ncoc3c2)s1. The highest BCUT2D eigenvalue weighted by atomic mass is 32.1. The van der Waals surface area contributed by atoms with Crippen molar-refractivity contribution in [2.45, 2.75) is 6.54 Å². The lowest BCUT2D eigenvalue weighted by Gasteiger charge is -1.95. The van der Waals surface area contributed by atoms with Gasteiger partial charge < -0.3 is 9.73 Å². The summed E-state index contributed by atoms with van der Waals surface area (Å²) in [6, 6.07) is 6.01. The third-order valence-corrected chi connectivity index (χ3v) is 3.54. The molecule has 4 nitrogen and oxygen atoms in total. The van der Waals surface area contributed by atoms with Crippen molar-refractivity contribution in [3.8, 4) is 10.4 Å². The van der Waals surface area contributed by atoms with E-state index in [0.717, 1.165) is 33.1 Å². The zero-order valence-corrected chi connectivity index (χ0v) is 10.1. The van der Waals surface area contributed by atoms with E-state index in [2.05, 4.69) is 15.3 Å². The number of hydrogen-bond acceptors (Lipinski definition) is 5. The summed E-state index contributed by atoms with van der Waals surface area (Å²) in [5.41, 5.74) is 2.81. The van der Waals surface area contributed by atoms with Gasteiger partial charge >= 0.3 is 0 Å². The predicted octanol–water partition coefficient (Wildman–Crippen LogP) is 2.67. The third kappa shape index (κ3) is 1.94. The van der Waals surface area contributed by atoms with E-state index in [0.29, 0.717) is 0 Å². The van der Waals surface area contributed by atoms with Crippen LogP contribution in [0, 0.1) is 0 Å². The van der Waals surface area contributed by atoms with Crippen LogP contribution in [0.3, 0.4) is 0 Å². The number of benzene rings is 1. The molecule has 0 fully saturated rings. The van der Waals surface area contributed by atoms with Gasteiger partial charge in [0.25, 0.3) is 0 Å². The van der Waals surface area contributed by atoms with Gasteiger partial charge in [0.15, 0.2) is 12.0 Å². The number of thiazole rings is 1. The normalized spacial score (nSPS) is 11.1. The number of nitrogens with zero attached hydrogens (tertiary/aromatic N) is 2. The molecular formula is C12H11N3OS. The predicted molar refractivity (Wildman–Crippen MR) is 67.9 cm³/mol. The molecule has 3 aromatic rings. The maximum Gasteiger partial charge on any atom is 0.181 e. The largest absolute Gasteiger partial charge is 0.443 e. The average Bonchev–Trinajstić information content (AvgIpc) is 2.96. The van der Waals surface area contributed by atoms with Crippen LogP contribution in [0.4, 0.5) is 0 Å². The number of aromatic nitrogens is 2. The van der Waals surface area contributed by atoms with Crippen LogP contribution in [-0.4, -0.2) is 17.0 Å². The van der Waals surface area contributed by atoms with Gasteiger partial charge in [-0.25, -0.2) is 9.97 Å². The first-order chi connectivity index (χ1) is 8.36. The molecule has 3 rings (SSSR count). The molecule has 2 aromatic heterocycles. The molecule has 17 heavy (non-hydrogen) atoms. The first-order valence-electron chi connectivity index (χ1n) is 5.30. The van der Waals surface area contributed by atoms with Crippen LogP contribution >= 0.6 is 11.3 Å². The van der Waals surface area contributed by atoms with Gasteiger partial charge in [-0.1, -0.05) is 6.07 Å². The van der Waals surface area contributed by atoms with Crippen LogP contribution in [0.15, 0.2) is 35.2 Å². The zero-order valence-electron chi connectivity index (χ0n) is 9.30. The van der Waals surface area contributed by atoms with Crippen LogP contribution in [0.1, 0.15) is 5.01 Å². The molecule has 1 N–H and O–H groups in total. The Hall–Kier alpha value is -1.72. The number of nitrogens with one attached hydrogen (secondary N) is 1. The standard InChI is InChI=1S/C12H11N3OS/c1-13-6-12-14-5-11(17-12)8-2-3-9-10(4-8)16-7-15-9/h2-5,7,13H,6H2,1H3. The number of rotatable bonds is 3. The number of oxazole rings is 1. The van der Waals surface area contributed by atoms with E-state index in [1.165, 1.54) is 6.39 Å². The van der Waals surface area contributed by atoms with Crippen LogP contribution in [0.25, 0.3) is 21.5 Å². The molecule has 0 radical (unpaired) electrons. The minimum Gasteiger partial charge on any atom is -0.443 e. The Balaban J connectivity index is 2.00. The molecule has 0 atom stereocenters. The quantitative estimate of drug-likeness (QED) is 0.770. The van der Waals surface area contributed by atoms with E-state index >= 15 is 0 Å². The molecule has 86 valence electrons. The van der Waals surface area contributed by atoms with E-state index in [4.69, 9.17) is 4.42 Å². The van der Waals surface area contributed by atoms with Gasteiger partial charge in [-0.15, -0.1) is 11.3 Å². The minimum atomic E-state index is 0.801. The van der Waals surface area contributed by atoms with E-state index < -0.39 is 0 Å². The van der Waals surface area contributed by atoms with Crippen LogP contribution in [-0.2, 0) is 6.54 Å². The Morgan fingerprint density at radius 1 is 1.35 bits per heavy atom. The Morgan fingerprint density at radius 2 is 2.29 bits per heavy atom. The van der Waals surface area contributed by atoms with Crippen molar-refractivity contribution < 1.29 is 4.42 Å². The zero-order chi connectivity index (χ0) is 11.7. The monoisotopic (exact) mass is 245 g/mol. The molecule has 0 saturated carbocycles. The average molecular weight is 245 g/mol.